The van der Waals surface area contributed by atoms with E-state index in [0.29, 0.717) is 12.0 Å². The maximum atomic E-state index is 12.1. The van der Waals surface area contributed by atoms with Crippen LogP contribution in [0.2, 0.25) is 0 Å². The predicted molar refractivity (Wildman–Crippen MR) is 98.6 cm³/mol. The summed E-state index contributed by atoms with van der Waals surface area (Å²) in [7, 11) is 0. The summed E-state index contributed by atoms with van der Waals surface area (Å²) in [4.78, 5) is 23.8. The second-order valence-corrected chi connectivity index (χ2v) is 6.62. The molecule has 0 fully saturated rings. The quantitative estimate of drug-likeness (QED) is 0.774. The van der Waals surface area contributed by atoms with Gasteiger partial charge in [-0.15, -0.1) is 0 Å². The van der Waals surface area contributed by atoms with E-state index in [-0.39, 0.29) is 12.5 Å². The molecule has 0 aromatic heterocycles. The maximum absolute atomic E-state index is 12.1. The predicted octanol–water partition coefficient (Wildman–Crippen LogP) is 3.48. The summed E-state index contributed by atoms with van der Waals surface area (Å²) in [5.41, 5.74) is 1.98. The van der Waals surface area contributed by atoms with Crippen molar-refractivity contribution in [2.75, 3.05) is 6.54 Å². The summed E-state index contributed by atoms with van der Waals surface area (Å²) in [6, 6.07) is 17.3. The average Bonchev–Trinajstić information content (AvgIpc) is 2.62. The fourth-order valence-corrected chi connectivity index (χ4v) is 2.68. The van der Waals surface area contributed by atoms with Crippen molar-refractivity contribution in [1.82, 2.24) is 5.32 Å². The van der Waals surface area contributed by atoms with Gasteiger partial charge in [-0.05, 0) is 37.8 Å². The van der Waals surface area contributed by atoms with Crippen molar-refractivity contribution in [3.05, 3.63) is 71.3 Å². The fraction of sp³-hybridized carbons (Fsp3) is 0.333. The summed E-state index contributed by atoms with van der Waals surface area (Å²) in [6.07, 6.45) is 1.96. The minimum absolute atomic E-state index is 0.0791. The smallest absolute Gasteiger partial charge is 0.315 e. The van der Waals surface area contributed by atoms with Crippen LogP contribution in [0, 0.1) is 6.92 Å². The number of carboxylic acids is 1. The Hall–Kier alpha value is -2.62. The highest BCUT2D eigenvalue weighted by Crippen LogP contribution is 2.23. The van der Waals surface area contributed by atoms with Gasteiger partial charge in [0.05, 0.1) is 0 Å². The van der Waals surface area contributed by atoms with Crippen LogP contribution >= 0.6 is 0 Å². The fourth-order valence-electron chi connectivity index (χ4n) is 2.68. The van der Waals surface area contributed by atoms with Gasteiger partial charge < -0.3 is 10.4 Å². The molecule has 0 saturated carbocycles. The Bertz CT molecular complexity index is 710. The van der Waals surface area contributed by atoms with Gasteiger partial charge in [-0.25, -0.2) is 0 Å². The number of aryl methyl sites for hydroxylation is 2. The van der Waals surface area contributed by atoms with Gasteiger partial charge in [-0.1, -0.05) is 60.2 Å². The van der Waals surface area contributed by atoms with Crippen LogP contribution in [0.15, 0.2) is 54.6 Å². The number of aliphatic carboxylic acids is 1. The van der Waals surface area contributed by atoms with E-state index in [1.54, 1.807) is 31.2 Å². The Balaban J connectivity index is 1.85. The van der Waals surface area contributed by atoms with Gasteiger partial charge in [0.1, 0.15) is 5.41 Å². The first-order chi connectivity index (χ1) is 11.9. The van der Waals surface area contributed by atoms with Crippen LogP contribution in [0.1, 0.15) is 36.5 Å². The summed E-state index contributed by atoms with van der Waals surface area (Å²) < 4.78 is 0. The Morgan fingerprint density at radius 3 is 2.28 bits per heavy atom. The Morgan fingerprint density at radius 2 is 1.68 bits per heavy atom. The van der Waals surface area contributed by atoms with Crippen LogP contribution in [0.5, 0.6) is 0 Å². The van der Waals surface area contributed by atoms with Gasteiger partial charge in [0, 0.05) is 13.0 Å². The van der Waals surface area contributed by atoms with Crippen LogP contribution in [0.3, 0.4) is 0 Å². The summed E-state index contributed by atoms with van der Waals surface area (Å²) in [5.74, 6) is -1.06. The molecule has 4 heteroatoms. The van der Waals surface area contributed by atoms with E-state index < -0.39 is 11.4 Å². The molecular formula is C21H25NO3. The van der Waals surface area contributed by atoms with Crippen molar-refractivity contribution in [2.45, 2.75) is 38.5 Å². The molecule has 2 aromatic carbocycles. The van der Waals surface area contributed by atoms with E-state index in [9.17, 15) is 14.7 Å². The van der Waals surface area contributed by atoms with Crippen molar-refractivity contribution < 1.29 is 14.7 Å². The molecular weight excluding hydrogens is 314 g/mol. The topological polar surface area (TPSA) is 66.4 Å². The lowest BCUT2D eigenvalue weighted by atomic mass is 9.82. The first-order valence-corrected chi connectivity index (χ1v) is 8.53. The van der Waals surface area contributed by atoms with E-state index in [0.717, 1.165) is 12.8 Å². The van der Waals surface area contributed by atoms with Gasteiger partial charge in [0.25, 0.3) is 0 Å². The number of benzene rings is 2. The van der Waals surface area contributed by atoms with Crippen LogP contribution in [0.4, 0.5) is 0 Å². The molecule has 25 heavy (non-hydrogen) atoms. The van der Waals surface area contributed by atoms with Crippen LogP contribution < -0.4 is 5.32 Å². The van der Waals surface area contributed by atoms with E-state index in [1.165, 1.54) is 11.1 Å². The molecule has 1 atom stereocenters. The number of nitrogens with one attached hydrogen (secondary N) is 1. The molecule has 1 amide bonds. The van der Waals surface area contributed by atoms with Gasteiger partial charge in [0.15, 0.2) is 0 Å². The highest BCUT2D eigenvalue weighted by molar-refractivity contribution is 5.83. The zero-order valence-corrected chi connectivity index (χ0v) is 14.8. The van der Waals surface area contributed by atoms with E-state index in [2.05, 4.69) is 29.6 Å². The third-order valence-corrected chi connectivity index (χ3v) is 4.51. The molecule has 0 spiro atoms. The highest BCUT2D eigenvalue weighted by Gasteiger charge is 2.35. The monoisotopic (exact) mass is 339 g/mol. The number of carboxylic acid groups (broad SMARTS) is 1. The number of carbonyl (C=O) groups excluding carboxylic acids is 1. The number of hydrogen-bond acceptors (Lipinski definition) is 2. The SMILES string of the molecule is Cc1ccc(CCCC(=O)NCC(C)(C(=O)O)c2ccccc2)cc1. The van der Waals surface area contributed by atoms with Crippen LogP contribution in [-0.4, -0.2) is 23.5 Å². The second kappa shape index (κ2) is 8.47. The molecule has 2 N–H and O–H groups in total. The average molecular weight is 339 g/mol. The molecule has 0 aliphatic carbocycles. The molecule has 2 rings (SSSR count). The third kappa shape index (κ3) is 5.18. The van der Waals surface area contributed by atoms with Gasteiger partial charge in [-0.3, -0.25) is 9.59 Å². The lowest BCUT2D eigenvalue weighted by Gasteiger charge is -2.25. The molecule has 2 aromatic rings. The minimum atomic E-state index is -1.13. The second-order valence-electron chi connectivity index (χ2n) is 6.62. The Morgan fingerprint density at radius 1 is 1.04 bits per heavy atom. The largest absolute Gasteiger partial charge is 0.481 e. The Kier molecular flexibility index (Phi) is 6.34. The molecule has 1 unspecified atom stereocenters. The first kappa shape index (κ1) is 18.7. The van der Waals surface area contributed by atoms with Crippen molar-refractivity contribution in [2.24, 2.45) is 0 Å². The zero-order chi connectivity index (χ0) is 18.3. The van der Waals surface area contributed by atoms with Crippen molar-refractivity contribution in [1.29, 1.82) is 0 Å². The normalized spacial score (nSPS) is 13.0. The van der Waals surface area contributed by atoms with E-state index >= 15 is 0 Å². The van der Waals surface area contributed by atoms with Gasteiger partial charge >= 0.3 is 5.97 Å². The van der Waals surface area contributed by atoms with Crippen molar-refractivity contribution in [3.63, 3.8) is 0 Å². The standard InChI is InChI=1S/C21H25NO3/c1-16-11-13-17(14-12-16)7-6-10-19(23)22-15-21(2,20(24)25)18-8-4-3-5-9-18/h3-5,8-9,11-14H,6-7,10,15H2,1-2H3,(H,22,23)(H,24,25). The number of carbonyl (C=O) groups is 2. The lowest BCUT2D eigenvalue weighted by molar-refractivity contribution is -0.143. The van der Waals surface area contributed by atoms with Crippen LogP contribution in [0.25, 0.3) is 0 Å². The molecule has 0 radical (unpaired) electrons. The van der Waals surface area contributed by atoms with Crippen molar-refractivity contribution >= 4 is 11.9 Å². The van der Waals surface area contributed by atoms with Gasteiger partial charge in [-0.2, -0.15) is 0 Å². The molecule has 4 nitrogen and oxygen atoms in total. The van der Waals surface area contributed by atoms with Gasteiger partial charge in [0.2, 0.25) is 5.91 Å². The molecule has 0 saturated heterocycles. The Labute approximate surface area is 148 Å². The van der Waals surface area contributed by atoms with Crippen LogP contribution in [-0.2, 0) is 21.4 Å². The maximum Gasteiger partial charge on any atom is 0.315 e. The zero-order valence-electron chi connectivity index (χ0n) is 14.8. The summed E-state index contributed by atoms with van der Waals surface area (Å²) in [5, 5.41) is 12.4. The summed E-state index contributed by atoms with van der Waals surface area (Å²) in [6.45, 7) is 3.76. The summed E-state index contributed by atoms with van der Waals surface area (Å²) >= 11 is 0. The van der Waals surface area contributed by atoms with Crippen molar-refractivity contribution in [3.8, 4) is 0 Å². The molecule has 0 heterocycles. The lowest BCUT2D eigenvalue weighted by Crippen LogP contribution is -2.44. The minimum Gasteiger partial charge on any atom is -0.481 e. The third-order valence-electron chi connectivity index (χ3n) is 4.51. The van der Waals surface area contributed by atoms with E-state index in [4.69, 9.17) is 0 Å². The molecule has 0 bridgehead atoms. The highest BCUT2D eigenvalue weighted by atomic mass is 16.4. The molecule has 0 aliphatic heterocycles. The molecule has 132 valence electrons. The number of hydrogen-bond donors (Lipinski definition) is 2. The number of rotatable bonds is 8. The molecule has 0 aliphatic rings. The first-order valence-electron chi connectivity index (χ1n) is 8.53. The number of amides is 1. The van der Waals surface area contributed by atoms with E-state index in [1.807, 2.05) is 13.0 Å².